The summed E-state index contributed by atoms with van der Waals surface area (Å²) in [6, 6.07) is 0. The molecule has 1 heterocycles. The Labute approximate surface area is 112 Å². The molecule has 0 saturated carbocycles. The lowest BCUT2D eigenvalue weighted by Crippen LogP contribution is -2.34. The van der Waals surface area contributed by atoms with E-state index in [4.69, 9.17) is 21.9 Å². The minimum absolute atomic E-state index is 0.217. The van der Waals surface area contributed by atoms with Gasteiger partial charge in [-0.25, -0.2) is 4.68 Å². The second-order valence-electron chi connectivity index (χ2n) is 4.13. The van der Waals surface area contributed by atoms with Gasteiger partial charge >= 0.3 is 0 Å². The van der Waals surface area contributed by atoms with E-state index < -0.39 is 0 Å². The number of nitrogens with zero attached hydrogens (tertiary/aromatic N) is 3. The summed E-state index contributed by atoms with van der Waals surface area (Å²) < 4.78 is 6.74. The van der Waals surface area contributed by atoms with Crippen molar-refractivity contribution in [3.05, 3.63) is 6.20 Å². The van der Waals surface area contributed by atoms with Crippen LogP contribution in [0, 0.1) is 0 Å². The Kier molecular flexibility index (Phi) is 6.10. The largest absolute Gasteiger partial charge is 0.394 e. The number of nitrogens with two attached hydrogens (primary N) is 3. The molecule has 0 spiro atoms. The average molecular weight is 270 g/mol. The highest BCUT2D eigenvalue weighted by Gasteiger charge is 2.16. The van der Waals surface area contributed by atoms with E-state index in [1.807, 2.05) is 4.90 Å². The normalized spacial score (nSPS) is 10.6. The Morgan fingerprint density at radius 1 is 1.53 bits per heavy atom. The van der Waals surface area contributed by atoms with Crippen LogP contribution in [0.15, 0.2) is 6.20 Å². The van der Waals surface area contributed by atoms with Crippen molar-refractivity contribution in [2.24, 2.45) is 11.5 Å². The maximum Gasteiger partial charge on any atom is 0.219 e. The molecule has 0 bridgehead atoms. The molecule has 0 unspecified atom stereocenters. The van der Waals surface area contributed by atoms with Gasteiger partial charge in [0, 0.05) is 33.2 Å². The number of methoxy groups -OCH3 is 1. The Morgan fingerprint density at radius 3 is 2.84 bits per heavy atom. The van der Waals surface area contributed by atoms with Gasteiger partial charge in [0.1, 0.15) is 0 Å². The zero-order chi connectivity index (χ0) is 14.3. The summed E-state index contributed by atoms with van der Waals surface area (Å²) in [4.78, 5) is 12.8. The second kappa shape index (κ2) is 7.59. The lowest BCUT2D eigenvalue weighted by molar-refractivity contribution is -0.118. The van der Waals surface area contributed by atoms with E-state index in [1.165, 1.54) is 0 Å². The smallest absolute Gasteiger partial charge is 0.219 e. The molecule has 1 aromatic rings. The van der Waals surface area contributed by atoms with E-state index in [0.717, 1.165) is 5.82 Å². The second-order valence-corrected chi connectivity index (χ2v) is 4.13. The van der Waals surface area contributed by atoms with E-state index in [0.29, 0.717) is 38.5 Å². The van der Waals surface area contributed by atoms with Crippen LogP contribution in [0.25, 0.3) is 0 Å². The minimum Gasteiger partial charge on any atom is -0.394 e. The van der Waals surface area contributed by atoms with Gasteiger partial charge in [-0.05, 0) is 0 Å². The molecule has 0 aliphatic heterocycles. The number of aromatic nitrogens is 2. The Balaban J connectivity index is 2.86. The predicted octanol–water partition coefficient (Wildman–Crippen LogP) is -1.25. The topological polar surface area (TPSA) is 125 Å². The number of anilines is 2. The summed E-state index contributed by atoms with van der Waals surface area (Å²) >= 11 is 0. The van der Waals surface area contributed by atoms with E-state index in [-0.39, 0.29) is 12.3 Å². The molecule has 0 atom stereocenters. The summed E-state index contributed by atoms with van der Waals surface area (Å²) in [6.07, 6.45) is 1.78. The number of primary amides is 1. The third kappa shape index (κ3) is 4.42. The lowest BCUT2D eigenvalue weighted by Gasteiger charge is -2.25. The van der Waals surface area contributed by atoms with Gasteiger partial charge in [-0.1, -0.05) is 0 Å². The molecule has 0 radical (unpaired) electrons. The first kappa shape index (κ1) is 15.3. The maximum atomic E-state index is 10.9. The van der Waals surface area contributed by atoms with Crippen molar-refractivity contribution >= 4 is 17.4 Å². The van der Waals surface area contributed by atoms with Crippen molar-refractivity contribution < 1.29 is 9.53 Å². The summed E-state index contributed by atoms with van der Waals surface area (Å²) in [6.45, 7) is 2.73. The molecule has 108 valence electrons. The van der Waals surface area contributed by atoms with E-state index in [1.54, 1.807) is 18.0 Å². The third-order valence-electron chi connectivity index (χ3n) is 2.67. The monoisotopic (exact) mass is 270 g/mol. The molecular weight excluding hydrogens is 248 g/mol. The van der Waals surface area contributed by atoms with Crippen LogP contribution in [0.2, 0.25) is 0 Å². The fraction of sp³-hybridized carbons (Fsp3) is 0.636. The molecule has 1 rings (SSSR count). The standard InChI is InChI=1S/C11H22N6O2/c1-19-7-6-16(5-3-12)11-9(13)8-15-17(11)4-2-10(14)18/h8H,2-7,12-13H2,1H3,(H2,14,18). The summed E-state index contributed by atoms with van der Waals surface area (Å²) in [5.41, 5.74) is 17.2. The van der Waals surface area contributed by atoms with Crippen LogP contribution in [0.5, 0.6) is 0 Å². The first-order chi connectivity index (χ1) is 9.10. The Morgan fingerprint density at radius 2 is 2.26 bits per heavy atom. The number of hydrogen-bond donors (Lipinski definition) is 3. The lowest BCUT2D eigenvalue weighted by atomic mass is 10.3. The molecule has 0 saturated heterocycles. The van der Waals surface area contributed by atoms with Crippen molar-refractivity contribution in [1.82, 2.24) is 9.78 Å². The molecule has 0 aliphatic carbocycles. The SMILES string of the molecule is COCCN(CCN)c1c(N)cnn1CCC(N)=O. The number of carbonyl (C=O) groups is 1. The van der Waals surface area contributed by atoms with Gasteiger partial charge in [0.15, 0.2) is 5.82 Å². The van der Waals surface area contributed by atoms with Crippen LogP contribution < -0.4 is 22.1 Å². The van der Waals surface area contributed by atoms with Gasteiger partial charge in [-0.3, -0.25) is 4.79 Å². The first-order valence-electron chi connectivity index (χ1n) is 6.13. The van der Waals surface area contributed by atoms with Crippen LogP contribution in [0.1, 0.15) is 6.42 Å². The molecular formula is C11H22N6O2. The molecule has 1 amide bonds. The summed E-state index contributed by atoms with van der Waals surface area (Å²) in [5, 5.41) is 4.16. The zero-order valence-electron chi connectivity index (χ0n) is 11.2. The fourth-order valence-corrected chi connectivity index (χ4v) is 1.80. The summed E-state index contributed by atoms with van der Waals surface area (Å²) in [5.74, 6) is 0.381. The van der Waals surface area contributed by atoms with Crippen LogP contribution in [0.3, 0.4) is 0 Å². The van der Waals surface area contributed by atoms with Crippen molar-refractivity contribution in [3.63, 3.8) is 0 Å². The van der Waals surface area contributed by atoms with Crippen LogP contribution in [-0.4, -0.2) is 49.0 Å². The number of carbonyl (C=O) groups excluding carboxylic acids is 1. The van der Waals surface area contributed by atoms with Crippen molar-refractivity contribution in [2.45, 2.75) is 13.0 Å². The molecule has 6 N–H and O–H groups in total. The van der Waals surface area contributed by atoms with Crippen molar-refractivity contribution in [3.8, 4) is 0 Å². The average Bonchev–Trinajstić information content (AvgIpc) is 2.73. The molecule has 0 aliphatic rings. The third-order valence-corrected chi connectivity index (χ3v) is 2.67. The molecule has 0 fully saturated rings. The first-order valence-corrected chi connectivity index (χ1v) is 6.13. The molecule has 8 heteroatoms. The van der Waals surface area contributed by atoms with Crippen molar-refractivity contribution in [1.29, 1.82) is 0 Å². The molecule has 19 heavy (non-hydrogen) atoms. The van der Waals surface area contributed by atoms with Crippen LogP contribution in [0.4, 0.5) is 11.5 Å². The van der Waals surface area contributed by atoms with Crippen LogP contribution in [-0.2, 0) is 16.1 Å². The van der Waals surface area contributed by atoms with Crippen molar-refractivity contribution in [2.75, 3.05) is 44.0 Å². The number of hydrogen-bond acceptors (Lipinski definition) is 6. The van der Waals surface area contributed by atoms with Gasteiger partial charge in [-0.2, -0.15) is 5.10 Å². The van der Waals surface area contributed by atoms with E-state index >= 15 is 0 Å². The van der Waals surface area contributed by atoms with Gasteiger partial charge in [0.2, 0.25) is 5.91 Å². The molecule has 1 aromatic heterocycles. The Bertz CT molecular complexity index is 406. The number of aryl methyl sites for hydroxylation is 1. The van der Waals surface area contributed by atoms with E-state index in [2.05, 4.69) is 5.10 Å². The Hall–Kier alpha value is -1.80. The van der Waals surface area contributed by atoms with Gasteiger partial charge in [-0.15, -0.1) is 0 Å². The van der Waals surface area contributed by atoms with Crippen LogP contribution >= 0.6 is 0 Å². The number of nitrogen functional groups attached to an aromatic ring is 1. The summed E-state index contributed by atoms with van der Waals surface area (Å²) in [7, 11) is 1.63. The number of amides is 1. The highest BCUT2D eigenvalue weighted by atomic mass is 16.5. The number of ether oxygens (including phenoxy) is 1. The predicted molar refractivity (Wildman–Crippen MR) is 73.6 cm³/mol. The zero-order valence-corrected chi connectivity index (χ0v) is 11.2. The fourth-order valence-electron chi connectivity index (χ4n) is 1.80. The molecule has 8 nitrogen and oxygen atoms in total. The number of rotatable bonds is 9. The maximum absolute atomic E-state index is 10.9. The quantitative estimate of drug-likeness (QED) is 0.515. The highest BCUT2D eigenvalue weighted by molar-refractivity contribution is 5.73. The van der Waals surface area contributed by atoms with Gasteiger partial charge in [0.05, 0.1) is 25.0 Å². The minimum atomic E-state index is -0.373. The van der Waals surface area contributed by atoms with Gasteiger partial charge in [0.25, 0.3) is 0 Å². The van der Waals surface area contributed by atoms with Gasteiger partial charge < -0.3 is 26.8 Å². The molecule has 0 aromatic carbocycles. The highest BCUT2D eigenvalue weighted by Crippen LogP contribution is 2.22. The van der Waals surface area contributed by atoms with E-state index in [9.17, 15) is 4.79 Å².